The van der Waals surface area contributed by atoms with Gasteiger partial charge in [0, 0.05) is 17.0 Å². The van der Waals surface area contributed by atoms with Gasteiger partial charge in [0.25, 0.3) is 0 Å². The summed E-state index contributed by atoms with van der Waals surface area (Å²) in [6.07, 6.45) is 0.461. The van der Waals surface area contributed by atoms with Gasteiger partial charge in [0.05, 0.1) is 25.7 Å². The van der Waals surface area contributed by atoms with E-state index in [1.807, 2.05) is 19.1 Å². The summed E-state index contributed by atoms with van der Waals surface area (Å²) in [6, 6.07) is 10.7. The zero-order valence-electron chi connectivity index (χ0n) is 20.5. The number of carbonyl (C=O) groups is 3. The van der Waals surface area contributed by atoms with Crippen molar-refractivity contribution >= 4 is 17.7 Å². The number of ketones is 1. The summed E-state index contributed by atoms with van der Waals surface area (Å²) in [6.45, 7) is 5.46. The van der Waals surface area contributed by atoms with E-state index in [9.17, 15) is 14.4 Å². The molecule has 8 heteroatoms. The lowest BCUT2D eigenvalue weighted by molar-refractivity contribution is -0.151. The summed E-state index contributed by atoms with van der Waals surface area (Å²) in [4.78, 5) is 39.5. The first-order chi connectivity index (χ1) is 16.7. The first-order valence-electron chi connectivity index (χ1n) is 11.4. The molecule has 8 nitrogen and oxygen atoms in total. The molecule has 0 saturated carbocycles. The van der Waals surface area contributed by atoms with Crippen molar-refractivity contribution in [2.45, 2.75) is 39.7 Å². The number of dihydropyridines is 1. The highest BCUT2D eigenvalue weighted by atomic mass is 16.5. The fraction of sp³-hybridized carbons (Fsp3) is 0.370. The van der Waals surface area contributed by atoms with Crippen LogP contribution in [-0.2, 0) is 30.5 Å². The van der Waals surface area contributed by atoms with Gasteiger partial charge in [-0.15, -0.1) is 0 Å². The van der Waals surface area contributed by atoms with Crippen LogP contribution >= 0.6 is 0 Å². The molecule has 2 heterocycles. The fourth-order valence-corrected chi connectivity index (χ4v) is 4.79. The number of Topliss-reactive ketones (excluding diaryl/α,β-unsaturated/α-hetero) is 1. The van der Waals surface area contributed by atoms with E-state index >= 15 is 0 Å². The van der Waals surface area contributed by atoms with Crippen LogP contribution < -0.4 is 10.1 Å². The van der Waals surface area contributed by atoms with E-state index < -0.39 is 23.8 Å². The minimum absolute atomic E-state index is 0.0468. The zero-order chi connectivity index (χ0) is 25.3. The minimum Gasteiger partial charge on any atom is -0.497 e. The number of rotatable bonds is 6. The van der Waals surface area contributed by atoms with Crippen LogP contribution in [0, 0.1) is 18.8 Å². The van der Waals surface area contributed by atoms with Gasteiger partial charge in [-0.3, -0.25) is 9.59 Å². The number of nitrogens with one attached hydrogen (secondary N) is 1. The summed E-state index contributed by atoms with van der Waals surface area (Å²) in [7, 11) is 2.85. The molecule has 184 valence electrons. The molecule has 0 amide bonds. The van der Waals surface area contributed by atoms with E-state index in [4.69, 9.17) is 18.6 Å². The van der Waals surface area contributed by atoms with E-state index in [0.29, 0.717) is 40.7 Å². The Hall–Kier alpha value is -3.81. The Labute approximate surface area is 203 Å². The highest BCUT2D eigenvalue weighted by Crippen LogP contribution is 2.45. The maximum absolute atomic E-state index is 13.6. The molecule has 1 aromatic carbocycles. The molecule has 0 spiro atoms. The van der Waals surface area contributed by atoms with E-state index in [2.05, 4.69) is 5.32 Å². The Balaban J connectivity index is 1.69. The van der Waals surface area contributed by atoms with Crippen LogP contribution in [0.3, 0.4) is 0 Å². The van der Waals surface area contributed by atoms with Crippen LogP contribution in [0.1, 0.15) is 43.3 Å². The highest BCUT2D eigenvalue weighted by Gasteiger charge is 2.48. The van der Waals surface area contributed by atoms with Crippen LogP contribution in [0.5, 0.6) is 5.75 Å². The van der Waals surface area contributed by atoms with Crippen LogP contribution in [0.15, 0.2) is 63.4 Å². The number of esters is 2. The third kappa shape index (κ3) is 4.60. The maximum Gasteiger partial charge on any atom is 0.337 e. The van der Waals surface area contributed by atoms with Crippen molar-refractivity contribution in [1.82, 2.24) is 5.32 Å². The van der Waals surface area contributed by atoms with Gasteiger partial charge in [0.2, 0.25) is 0 Å². The lowest BCUT2D eigenvalue weighted by Gasteiger charge is -2.37. The van der Waals surface area contributed by atoms with Gasteiger partial charge >= 0.3 is 11.9 Å². The number of ether oxygens (including phenoxy) is 3. The summed E-state index contributed by atoms with van der Waals surface area (Å²) in [5.74, 6) is -1.74. The number of aryl methyl sites for hydroxylation is 1. The second-order valence-corrected chi connectivity index (χ2v) is 8.91. The van der Waals surface area contributed by atoms with Gasteiger partial charge < -0.3 is 23.9 Å². The Morgan fingerprint density at radius 2 is 1.80 bits per heavy atom. The predicted molar refractivity (Wildman–Crippen MR) is 126 cm³/mol. The van der Waals surface area contributed by atoms with E-state index in [0.717, 1.165) is 5.56 Å². The molecule has 0 saturated heterocycles. The van der Waals surface area contributed by atoms with Crippen molar-refractivity contribution in [3.63, 3.8) is 0 Å². The maximum atomic E-state index is 13.6. The van der Waals surface area contributed by atoms with Crippen LogP contribution in [-0.4, -0.2) is 31.9 Å². The van der Waals surface area contributed by atoms with E-state index in [1.54, 1.807) is 45.2 Å². The monoisotopic (exact) mass is 479 g/mol. The first kappa shape index (κ1) is 24.3. The third-order valence-corrected chi connectivity index (χ3v) is 6.54. The number of carbonyl (C=O) groups excluding carboxylic acids is 3. The first-order valence-corrected chi connectivity index (χ1v) is 11.4. The summed E-state index contributed by atoms with van der Waals surface area (Å²) in [5.41, 5.74) is 2.68. The molecule has 1 aliphatic carbocycles. The normalized spacial score (nSPS) is 21.9. The number of furan rings is 1. The molecule has 0 bridgehead atoms. The Morgan fingerprint density at radius 3 is 2.40 bits per heavy atom. The van der Waals surface area contributed by atoms with Crippen LogP contribution in [0.25, 0.3) is 0 Å². The lowest BCUT2D eigenvalue weighted by atomic mass is 9.70. The van der Waals surface area contributed by atoms with Crippen molar-refractivity contribution in [2.75, 3.05) is 14.2 Å². The lowest BCUT2D eigenvalue weighted by Crippen LogP contribution is -2.43. The SMILES string of the molecule is COC(=O)[C@H]1C(=O)C2=C(C[C@@H]1C)NC(C)=C(C(=O)OCc1ccc(OC)cc1)[C@@H]2c1ccc(C)o1. The van der Waals surface area contributed by atoms with Gasteiger partial charge in [-0.05, 0) is 56.0 Å². The van der Waals surface area contributed by atoms with E-state index in [-0.39, 0.29) is 23.9 Å². The topological polar surface area (TPSA) is 104 Å². The summed E-state index contributed by atoms with van der Waals surface area (Å²) < 4.78 is 21.6. The second kappa shape index (κ2) is 9.82. The average molecular weight is 480 g/mol. The van der Waals surface area contributed by atoms with Gasteiger partial charge in [-0.2, -0.15) is 0 Å². The molecule has 0 radical (unpaired) electrons. The summed E-state index contributed by atoms with van der Waals surface area (Å²) in [5, 5.41) is 3.23. The van der Waals surface area contributed by atoms with Crippen molar-refractivity contribution in [1.29, 1.82) is 0 Å². The molecule has 1 N–H and O–H groups in total. The number of benzene rings is 1. The molecule has 3 atom stereocenters. The van der Waals surface area contributed by atoms with Gasteiger partial charge in [0.1, 0.15) is 29.8 Å². The van der Waals surface area contributed by atoms with Crippen molar-refractivity contribution in [2.24, 2.45) is 11.8 Å². The van der Waals surface area contributed by atoms with Crippen LogP contribution in [0.2, 0.25) is 0 Å². The smallest absolute Gasteiger partial charge is 0.337 e. The molecule has 2 aromatic rings. The Kier molecular flexibility index (Phi) is 6.82. The van der Waals surface area contributed by atoms with E-state index in [1.165, 1.54) is 7.11 Å². The Bertz CT molecular complexity index is 1220. The fourth-order valence-electron chi connectivity index (χ4n) is 4.79. The predicted octanol–water partition coefficient (Wildman–Crippen LogP) is 3.95. The number of methoxy groups -OCH3 is 2. The molecule has 0 fully saturated rings. The van der Waals surface area contributed by atoms with Crippen LogP contribution in [0.4, 0.5) is 0 Å². The number of allylic oxidation sites excluding steroid dienone is 3. The quantitative estimate of drug-likeness (QED) is 0.491. The minimum atomic E-state index is -0.950. The molecule has 35 heavy (non-hydrogen) atoms. The molecular formula is C27H29NO7. The molecule has 0 unspecified atom stereocenters. The van der Waals surface area contributed by atoms with Gasteiger partial charge in [-0.25, -0.2) is 4.79 Å². The zero-order valence-corrected chi connectivity index (χ0v) is 20.5. The highest BCUT2D eigenvalue weighted by molar-refractivity contribution is 6.12. The largest absolute Gasteiger partial charge is 0.497 e. The molecule has 2 aliphatic rings. The average Bonchev–Trinajstić information content (AvgIpc) is 3.27. The number of hydrogen-bond acceptors (Lipinski definition) is 8. The van der Waals surface area contributed by atoms with Gasteiger partial charge in [0.15, 0.2) is 5.78 Å². The van der Waals surface area contributed by atoms with Gasteiger partial charge in [-0.1, -0.05) is 19.1 Å². The third-order valence-electron chi connectivity index (χ3n) is 6.54. The molecule has 1 aliphatic heterocycles. The molecule has 1 aromatic heterocycles. The van der Waals surface area contributed by atoms with Crippen molar-refractivity contribution < 1.29 is 33.0 Å². The molecule has 4 rings (SSSR count). The summed E-state index contributed by atoms with van der Waals surface area (Å²) >= 11 is 0. The number of hydrogen-bond donors (Lipinski definition) is 1. The standard InChI is InChI=1S/C27H29NO7/c1-14-12-19-23(25(29)21(14)26(30)33-5)24(20-11-6-15(2)35-20)22(16(3)28-19)27(31)34-13-17-7-9-18(32-4)10-8-17/h6-11,14,21,24,28H,12-13H2,1-5H3/t14-,21+,24-/m0/s1. The van der Waals surface area contributed by atoms with Crippen molar-refractivity contribution in [3.05, 3.63) is 76.0 Å². The van der Waals surface area contributed by atoms with Crippen molar-refractivity contribution in [3.8, 4) is 5.75 Å². The second-order valence-electron chi connectivity index (χ2n) is 8.91. The molecular weight excluding hydrogens is 450 g/mol. The Morgan fingerprint density at radius 1 is 1.09 bits per heavy atom.